The summed E-state index contributed by atoms with van der Waals surface area (Å²) in [6.07, 6.45) is 12.8. The molecule has 2 unspecified atom stereocenters. The number of benzene rings is 1. The minimum Gasteiger partial charge on any atom is -0.373 e. The molecule has 1 aliphatic heterocycles. The van der Waals surface area contributed by atoms with Crippen molar-refractivity contribution in [3.05, 3.63) is 48.0 Å². The summed E-state index contributed by atoms with van der Waals surface area (Å²) in [5.41, 5.74) is 2.90. The van der Waals surface area contributed by atoms with Gasteiger partial charge in [-0.3, -0.25) is 0 Å². The first-order valence-electron chi connectivity index (χ1n) is 9.64. The van der Waals surface area contributed by atoms with Gasteiger partial charge in [-0.05, 0) is 73.8 Å². The number of allylic oxidation sites excluding steroid dienone is 1. The second-order valence-electron chi connectivity index (χ2n) is 7.57. The van der Waals surface area contributed by atoms with E-state index in [0.29, 0.717) is 6.10 Å². The van der Waals surface area contributed by atoms with Crippen LogP contribution in [0.5, 0.6) is 0 Å². The molecule has 1 heterocycles. The third-order valence-electron chi connectivity index (χ3n) is 5.95. The maximum absolute atomic E-state index is 6.13. The first kappa shape index (κ1) is 16.8. The maximum atomic E-state index is 6.13. The molecule has 1 heteroatoms. The lowest BCUT2D eigenvalue weighted by Gasteiger charge is -2.30. The molecular formula is C22H32O. The largest absolute Gasteiger partial charge is 0.373 e. The molecule has 0 N–H and O–H groups in total. The van der Waals surface area contributed by atoms with Gasteiger partial charge in [0.05, 0.1) is 12.7 Å². The summed E-state index contributed by atoms with van der Waals surface area (Å²) >= 11 is 0. The highest BCUT2D eigenvalue weighted by molar-refractivity contribution is 5.27. The van der Waals surface area contributed by atoms with Crippen molar-refractivity contribution < 1.29 is 4.74 Å². The topological polar surface area (TPSA) is 9.23 Å². The second-order valence-corrected chi connectivity index (χ2v) is 7.57. The molecule has 23 heavy (non-hydrogen) atoms. The zero-order chi connectivity index (χ0) is 16.1. The molecule has 1 aliphatic carbocycles. The van der Waals surface area contributed by atoms with Gasteiger partial charge in [-0.1, -0.05) is 43.7 Å². The Bertz CT molecular complexity index is 473. The number of rotatable bonds is 5. The van der Waals surface area contributed by atoms with Gasteiger partial charge in [-0.15, -0.1) is 6.58 Å². The number of hydrogen-bond donors (Lipinski definition) is 0. The van der Waals surface area contributed by atoms with E-state index in [-0.39, 0.29) is 0 Å². The van der Waals surface area contributed by atoms with Crippen LogP contribution in [-0.2, 0) is 4.74 Å². The Balaban J connectivity index is 1.54. The van der Waals surface area contributed by atoms with Crippen molar-refractivity contribution in [2.45, 2.75) is 70.3 Å². The van der Waals surface area contributed by atoms with E-state index in [4.69, 9.17) is 4.74 Å². The monoisotopic (exact) mass is 312 g/mol. The molecule has 0 amide bonds. The van der Waals surface area contributed by atoms with E-state index in [2.05, 4.69) is 43.8 Å². The second kappa shape index (κ2) is 8.15. The van der Waals surface area contributed by atoms with Crippen molar-refractivity contribution in [1.82, 2.24) is 0 Å². The minimum atomic E-state index is 0.327. The van der Waals surface area contributed by atoms with Crippen LogP contribution in [0.25, 0.3) is 0 Å². The Kier molecular flexibility index (Phi) is 5.94. The zero-order valence-corrected chi connectivity index (χ0v) is 14.7. The van der Waals surface area contributed by atoms with E-state index in [1.807, 2.05) is 0 Å². The highest BCUT2D eigenvalue weighted by Crippen LogP contribution is 2.37. The Morgan fingerprint density at radius 3 is 2.26 bits per heavy atom. The molecule has 1 nitrogen and oxygen atoms in total. The van der Waals surface area contributed by atoms with Crippen LogP contribution in [0.3, 0.4) is 0 Å². The van der Waals surface area contributed by atoms with Gasteiger partial charge in [-0.2, -0.15) is 0 Å². The van der Waals surface area contributed by atoms with Gasteiger partial charge in [0.25, 0.3) is 0 Å². The normalized spacial score (nSPS) is 31.7. The van der Waals surface area contributed by atoms with Crippen LogP contribution in [0.2, 0.25) is 0 Å². The molecule has 2 atom stereocenters. The summed E-state index contributed by atoms with van der Waals surface area (Å²) in [5.74, 6) is 2.29. The lowest BCUT2D eigenvalue weighted by atomic mass is 9.78. The highest BCUT2D eigenvalue weighted by atomic mass is 16.5. The summed E-state index contributed by atoms with van der Waals surface area (Å²) < 4.78 is 6.13. The van der Waals surface area contributed by atoms with Gasteiger partial charge in [0.1, 0.15) is 0 Å². The van der Waals surface area contributed by atoms with Gasteiger partial charge >= 0.3 is 0 Å². The fourth-order valence-corrected chi connectivity index (χ4v) is 4.38. The van der Waals surface area contributed by atoms with Crippen LogP contribution < -0.4 is 0 Å². The average molecular weight is 312 g/mol. The van der Waals surface area contributed by atoms with Crippen molar-refractivity contribution >= 4 is 0 Å². The van der Waals surface area contributed by atoms with E-state index >= 15 is 0 Å². The first-order chi connectivity index (χ1) is 11.3. The van der Waals surface area contributed by atoms with Gasteiger partial charge in [-0.25, -0.2) is 0 Å². The molecule has 126 valence electrons. The molecule has 1 saturated carbocycles. The molecule has 1 saturated heterocycles. The summed E-state index contributed by atoms with van der Waals surface area (Å²) in [6, 6.07) is 9.35. The summed E-state index contributed by atoms with van der Waals surface area (Å²) in [4.78, 5) is 0. The summed E-state index contributed by atoms with van der Waals surface area (Å²) in [7, 11) is 0. The predicted molar refractivity (Wildman–Crippen MR) is 97.7 cm³/mol. The minimum absolute atomic E-state index is 0.327. The lowest BCUT2D eigenvalue weighted by molar-refractivity contribution is -0.0194. The van der Waals surface area contributed by atoms with Gasteiger partial charge in [0.15, 0.2) is 0 Å². The van der Waals surface area contributed by atoms with Crippen molar-refractivity contribution in [3.8, 4) is 0 Å². The Morgan fingerprint density at radius 2 is 1.70 bits per heavy atom. The highest BCUT2D eigenvalue weighted by Gasteiger charge is 2.24. The van der Waals surface area contributed by atoms with E-state index in [1.165, 1.54) is 62.5 Å². The van der Waals surface area contributed by atoms with Gasteiger partial charge in [0, 0.05) is 0 Å². The van der Waals surface area contributed by atoms with Crippen LogP contribution >= 0.6 is 0 Å². The van der Waals surface area contributed by atoms with Crippen LogP contribution in [0.1, 0.15) is 81.4 Å². The Morgan fingerprint density at radius 1 is 1.00 bits per heavy atom. The molecule has 0 radical (unpaired) electrons. The van der Waals surface area contributed by atoms with Crippen LogP contribution in [0.15, 0.2) is 36.9 Å². The van der Waals surface area contributed by atoms with Gasteiger partial charge < -0.3 is 4.74 Å². The van der Waals surface area contributed by atoms with Crippen LogP contribution in [0, 0.1) is 11.8 Å². The molecule has 3 rings (SSSR count). The summed E-state index contributed by atoms with van der Waals surface area (Å²) in [6.45, 7) is 7.17. The number of ether oxygens (including phenoxy) is 1. The van der Waals surface area contributed by atoms with Gasteiger partial charge in [0.2, 0.25) is 0 Å². The summed E-state index contributed by atoms with van der Waals surface area (Å²) in [5, 5.41) is 0. The fraction of sp³-hybridized carbons (Fsp3) is 0.636. The average Bonchev–Trinajstić information content (AvgIpc) is 2.63. The van der Waals surface area contributed by atoms with E-state index < -0.39 is 0 Å². The molecule has 1 aromatic rings. The van der Waals surface area contributed by atoms with Crippen molar-refractivity contribution in [1.29, 1.82) is 0 Å². The Hall–Kier alpha value is -1.08. The molecule has 0 aromatic heterocycles. The van der Waals surface area contributed by atoms with Crippen molar-refractivity contribution in [3.63, 3.8) is 0 Å². The van der Waals surface area contributed by atoms with Crippen LogP contribution in [0.4, 0.5) is 0 Å². The SMILES string of the molecule is C=CC1CCC(c2ccc(C3CCC(CCC)CO3)cc2)CC1. The van der Waals surface area contributed by atoms with Crippen LogP contribution in [-0.4, -0.2) is 6.61 Å². The first-order valence-corrected chi connectivity index (χ1v) is 9.64. The standard InChI is InChI=1S/C22H32O/c1-3-5-18-8-15-22(23-16-18)21-13-11-20(12-14-21)19-9-6-17(4-2)7-10-19/h4,11-14,17-19,22H,2-3,5-10,15-16H2,1H3. The zero-order valence-electron chi connectivity index (χ0n) is 14.7. The molecule has 0 bridgehead atoms. The molecule has 1 aromatic carbocycles. The Labute approximate surface area is 142 Å². The van der Waals surface area contributed by atoms with E-state index in [1.54, 1.807) is 0 Å². The predicted octanol–water partition coefficient (Wildman–Crippen LogP) is 6.41. The molecular weight excluding hydrogens is 280 g/mol. The molecule has 2 fully saturated rings. The van der Waals surface area contributed by atoms with E-state index in [0.717, 1.165) is 24.4 Å². The van der Waals surface area contributed by atoms with Crippen molar-refractivity contribution in [2.75, 3.05) is 6.61 Å². The molecule has 2 aliphatic rings. The van der Waals surface area contributed by atoms with Crippen molar-refractivity contribution in [2.24, 2.45) is 11.8 Å². The third-order valence-corrected chi connectivity index (χ3v) is 5.95. The quantitative estimate of drug-likeness (QED) is 0.570. The van der Waals surface area contributed by atoms with E-state index in [9.17, 15) is 0 Å². The fourth-order valence-electron chi connectivity index (χ4n) is 4.38. The number of hydrogen-bond acceptors (Lipinski definition) is 1. The smallest absolute Gasteiger partial charge is 0.0825 e. The third kappa shape index (κ3) is 4.26. The molecule has 0 spiro atoms. The maximum Gasteiger partial charge on any atom is 0.0825 e. The lowest BCUT2D eigenvalue weighted by Crippen LogP contribution is -2.20.